The first kappa shape index (κ1) is 17.2. The second-order valence-corrected chi connectivity index (χ2v) is 6.40. The first-order valence-electron chi connectivity index (χ1n) is 9.00. The molecule has 0 aliphatic carbocycles. The maximum absolute atomic E-state index is 5.46. The number of nitrogens with one attached hydrogen (secondary N) is 2. The minimum absolute atomic E-state index is 0.452. The van der Waals surface area contributed by atoms with Crippen molar-refractivity contribution in [2.24, 2.45) is 0 Å². The van der Waals surface area contributed by atoms with Crippen LogP contribution in [0.25, 0.3) is 0 Å². The highest BCUT2D eigenvalue weighted by Crippen LogP contribution is 2.28. The van der Waals surface area contributed by atoms with Crippen molar-refractivity contribution in [3.05, 3.63) is 60.3 Å². The minimum atomic E-state index is 0.452. The molecular formula is C20H22N6O. The van der Waals surface area contributed by atoms with E-state index < -0.39 is 0 Å². The molecule has 0 saturated carbocycles. The number of benzene rings is 2. The van der Waals surface area contributed by atoms with Crippen LogP contribution < -0.4 is 15.5 Å². The summed E-state index contributed by atoms with van der Waals surface area (Å²) in [6.07, 6.45) is 1.62. The summed E-state index contributed by atoms with van der Waals surface area (Å²) < 4.78 is 5.46. The van der Waals surface area contributed by atoms with E-state index in [0.29, 0.717) is 11.8 Å². The number of nitrogens with zero attached hydrogens (tertiary/aromatic N) is 4. The summed E-state index contributed by atoms with van der Waals surface area (Å²) in [7, 11) is 0. The molecule has 0 amide bonds. The van der Waals surface area contributed by atoms with Crippen LogP contribution in [0.3, 0.4) is 0 Å². The molecule has 0 atom stereocenters. The lowest BCUT2D eigenvalue weighted by Crippen LogP contribution is -2.36. The Morgan fingerprint density at radius 2 is 1.74 bits per heavy atom. The number of anilines is 5. The van der Waals surface area contributed by atoms with Gasteiger partial charge in [-0.05, 0) is 31.2 Å². The predicted octanol–water partition coefficient (Wildman–Crippen LogP) is 3.50. The van der Waals surface area contributed by atoms with Crippen LogP contribution in [0.2, 0.25) is 0 Å². The van der Waals surface area contributed by atoms with Crippen LogP contribution in [0.5, 0.6) is 0 Å². The summed E-state index contributed by atoms with van der Waals surface area (Å²) >= 11 is 0. The third-order valence-corrected chi connectivity index (χ3v) is 4.39. The molecule has 0 unspecified atom stereocenters. The molecule has 2 aromatic carbocycles. The molecule has 7 heteroatoms. The average Bonchev–Trinajstić information content (AvgIpc) is 2.71. The molecule has 1 aromatic heterocycles. The van der Waals surface area contributed by atoms with E-state index in [-0.39, 0.29) is 0 Å². The van der Waals surface area contributed by atoms with Crippen molar-refractivity contribution in [3.63, 3.8) is 0 Å². The summed E-state index contributed by atoms with van der Waals surface area (Å²) in [5.74, 6) is 1.09. The lowest BCUT2D eigenvalue weighted by molar-refractivity contribution is 0.123. The number of morpholine rings is 1. The molecule has 0 spiro atoms. The minimum Gasteiger partial charge on any atom is -0.378 e. The number of aryl methyl sites for hydroxylation is 1. The smallest absolute Gasteiger partial charge is 0.249 e. The predicted molar refractivity (Wildman–Crippen MR) is 107 cm³/mol. The SMILES string of the molecule is Cc1ccc(Nc2nncc(Nc3ccccc3N3CCOCC3)n2)cc1. The molecule has 1 aliphatic rings. The van der Waals surface area contributed by atoms with Crippen LogP contribution in [-0.2, 0) is 4.74 Å². The van der Waals surface area contributed by atoms with E-state index in [0.717, 1.165) is 43.4 Å². The molecule has 7 nitrogen and oxygen atoms in total. The lowest BCUT2D eigenvalue weighted by Gasteiger charge is -2.30. The van der Waals surface area contributed by atoms with Gasteiger partial charge in [0.2, 0.25) is 5.95 Å². The van der Waals surface area contributed by atoms with Crippen molar-refractivity contribution in [2.75, 3.05) is 41.8 Å². The van der Waals surface area contributed by atoms with Gasteiger partial charge in [0.15, 0.2) is 5.82 Å². The van der Waals surface area contributed by atoms with Gasteiger partial charge in [0.1, 0.15) is 0 Å². The number of para-hydroxylation sites is 2. The average molecular weight is 362 g/mol. The molecule has 0 bridgehead atoms. The fourth-order valence-electron chi connectivity index (χ4n) is 2.98. The fraction of sp³-hybridized carbons (Fsp3) is 0.250. The second-order valence-electron chi connectivity index (χ2n) is 6.40. The Labute approximate surface area is 158 Å². The Bertz CT molecular complexity index is 893. The van der Waals surface area contributed by atoms with Gasteiger partial charge in [-0.25, -0.2) is 0 Å². The van der Waals surface area contributed by atoms with Crippen molar-refractivity contribution >= 4 is 28.8 Å². The topological polar surface area (TPSA) is 75.2 Å². The zero-order valence-electron chi connectivity index (χ0n) is 15.2. The second kappa shape index (κ2) is 8.01. The highest BCUT2D eigenvalue weighted by molar-refractivity contribution is 5.74. The van der Waals surface area contributed by atoms with Gasteiger partial charge in [-0.15, -0.1) is 5.10 Å². The molecule has 27 heavy (non-hydrogen) atoms. The summed E-state index contributed by atoms with van der Waals surface area (Å²) in [5, 5.41) is 14.7. The van der Waals surface area contributed by atoms with Crippen LogP contribution in [-0.4, -0.2) is 41.5 Å². The number of hydrogen-bond donors (Lipinski definition) is 2. The molecular weight excluding hydrogens is 340 g/mol. The Morgan fingerprint density at radius 3 is 2.56 bits per heavy atom. The first-order chi connectivity index (χ1) is 13.3. The van der Waals surface area contributed by atoms with Crippen molar-refractivity contribution in [2.45, 2.75) is 6.92 Å². The van der Waals surface area contributed by atoms with E-state index in [1.54, 1.807) is 6.20 Å². The highest BCUT2D eigenvalue weighted by atomic mass is 16.5. The zero-order chi connectivity index (χ0) is 18.5. The normalized spacial score (nSPS) is 14.0. The third kappa shape index (κ3) is 4.32. The van der Waals surface area contributed by atoms with Crippen LogP contribution in [0.1, 0.15) is 5.56 Å². The number of hydrogen-bond acceptors (Lipinski definition) is 7. The van der Waals surface area contributed by atoms with Crippen molar-refractivity contribution < 1.29 is 4.74 Å². The summed E-state index contributed by atoms with van der Waals surface area (Å²) in [6.45, 7) is 5.29. The summed E-state index contributed by atoms with van der Waals surface area (Å²) in [5.41, 5.74) is 4.25. The summed E-state index contributed by atoms with van der Waals surface area (Å²) in [6, 6.07) is 16.3. The van der Waals surface area contributed by atoms with Crippen molar-refractivity contribution in [3.8, 4) is 0 Å². The largest absolute Gasteiger partial charge is 0.378 e. The highest BCUT2D eigenvalue weighted by Gasteiger charge is 2.15. The van der Waals surface area contributed by atoms with Gasteiger partial charge in [-0.3, -0.25) is 0 Å². The van der Waals surface area contributed by atoms with Gasteiger partial charge >= 0.3 is 0 Å². The lowest BCUT2D eigenvalue weighted by atomic mass is 10.2. The molecule has 2 heterocycles. The Balaban J connectivity index is 1.52. The van der Waals surface area contributed by atoms with Gasteiger partial charge in [0.05, 0.1) is 30.8 Å². The molecule has 1 aliphatic heterocycles. The monoisotopic (exact) mass is 362 g/mol. The van der Waals surface area contributed by atoms with Crippen molar-refractivity contribution in [1.82, 2.24) is 15.2 Å². The van der Waals surface area contributed by atoms with E-state index in [9.17, 15) is 0 Å². The third-order valence-electron chi connectivity index (χ3n) is 4.39. The first-order valence-corrected chi connectivity index (χ1v) is 9.00. The van der Waals surface area contributed by atoms with Gasteiger partial charge in [-0.2, -0.15) is 10.1 Å². The number of ether oxygens (including phenoxy) is 1. The van der Waals surface area contributed by atoms with Crippen LogP contribution >= 0.6 is 0 Å². The molecule has 3 aromatic rings. The number of aromatic nitrogens is 3. The van der Waals surface area contributed by atoms with Crippen LogP contribution in [0.15, 0.2) is 54.7 Å². The van der Waals surface area contributed by atoms with E-state index in [2.05, 4.69) is 43.7 Å². The zero-order valence-corrected chi connectivity index (χ0v) is 15.2. The van der Waals surface area contributed by atoms with E-state index >= 15 is 0 Å². The maximum atomic E-state index is 5.46. The van der Waals surface area contributed by atoms with Gasteiger partial charge < -0.3 is 20.3 Å². The van der Waals surface area contributed by atoms with E-state index in [1.165, 1.54) is 5.56 Å². The van der Waals surface area contributed by atoms with Gasteiger partial charge in [0, 0.05) is 18.8 Å². The Hall–Kier alpha value is -3.19. The van der Waals surface area contributed by atoms with Crippen LogP contribution in [0, 0.1) is 6.92 Å². The molecule has 138 valence electrons. The molecule has 2 N–H and O–H groups in total. The molecule has 1 fully saturated rings. The van der Waals surface area contributed by atoms with Gasteiger partial charge in [-0.1, -0.05) is 29.8 Å². The van der Waals surface area contributed by atoms with Crippen LogP contribution in [0.4, 0.5) is 28.8 Å². The fourth-order valence-corrected chi connectivity index (χ4v) is 2.98. The standard InChI is InChI=1S/C20H22N6O/c1-15-6-8-16(9-7-15)22-20-24-19(14-21-25-20)23-17-4-2-3-5-18(17)26-10-12-27-13-11-26/h2-9,14H,10-13H2,1H3,(H2,22,23,24,25). The quantitative estimate of drug-likeness (QED) is 0.719. The number of rotatable bonds is 5. The van der Waals surface area contributed by atoms with E-state index in [1.807, 2.05) is 42.5 Å². The van der Waals surface area contributed by atoms with E-state index in [4.69, 9.17) is 4.74 Å². The Kier molecular flexibility index (Phi) is 5.11. The molecule has 0 radical (unpaired) electrons. The van der Waals surface area contributed by atoms with Gasteiger partial charge in [0.25, 0.3) is 0 Å². The summed E-state index contributed by atoms with van der Waals surface area (Å²) in [4.78, 5) is 6.84. The van der Waals surface area contributed by atoms with Crippen molar-refractivity contribution in [1.29, 1.82) is 0 Å². The maximum Gasteiger partial charge on any atom is 0.249 e. The molecule has 1 saturated heterocycles. The molecule has 4 rings (SSSR count). The Morgan fingerprint density at radius 1 is 0.963 bits per heavy atom.